The standard InChI is InChI=1S/C28H22ClN3O4S/c1-34-24-11-18(12-25(35-2)27(24)36-3)26(33)21-13-20(29)9-10-22(21)31-15-19(14-30)28-32-23(16-37-28)17-7-5-4-6-8-17/h4-13,15-16,31H,1-3H3/b19-15+. The molecular weight excluding hydrogens is 510 g/mol. The monoisotopic (exact) mass is 531 g/mol. The maximum atomic E-state index is 13.6. The molecule has 3 aromatic carbocycles. The number of ether oxygens (including phenoxy) is 3. The Morgan fingerprint density at radius 1 is 1.03 bits per heavy atom. The number of aromatic nitrogens is 1. The van der Waals surface area contributed by atoms with Gasteiger partial charge in [-0.3, -0.25) is 4.79 Å². The molecule has 0 saturated carbocycles. The summed E-state index contributed by atoms with van der Waals surface area (Å²) in [4.78, 5) is 18.2. The van der Waals surface area contributed by atoms with Crippen molar-refractivity contribution in [3.8, 4) is 34.6 Å². The number of carbonyl (C=O) groups excluding carboxylic acids is 1. The summed E-state index contributed by atoms with van der Waals surface area (Å²) >= 11 is 7.60. The second-order valence-corrected chi connectivity index (χ2v) is 8.95. The summed E-state index contributed by atoms with van der Waals surface area (Å²) in [6.45, 7) is 0. The molecule has 0 aliphatic carbocycles. The number of nitrogens with zero attached hydrogens (tertiary/aromatic N) is 2. The minimum Gasteiger partial charge on any atom is -0.493 e. The zero-order chi connectivity index (χ0) is 26.4. The molecule has 0 fully saturated rings. The van der Waals surface area contributed by atoms with Crippen LogP contribution in [0.25, 0.3) is 16.8 Å². The van der Waals surface area contributed by atoms with E-state index in [2.05, 4.69) is 16.4 Å². The third-order valence-corrected chi connectivity index (χ3v) is 6.56. The first-order chi connectivity index (χ1) is 18.0. The Bertz CT molecular complexity index is 1480. The number of methoxy groups -OCH3 is 3. The lowest BCUT2D eigenvalue weighted by molar-refractivity contribution is 0.103. The zero-order valence-corrected chi connectivity index (χ0v) is 21.8. The number of ketones is 1. The molecule has 186 valence electrons. The highest BCUT2D eigenvalue weighted by molar-refractivity contribution is 7.11. The van der Waals surface area contributed by atoms with E-state index >= 15 is 0 Å². The number of benzene rings is 3. The van der Waals surface area contributed by atoms with Crippen molar-refractivity contribution < 1.29 is 19.0 Å². The predicted octanol–water partition coefficient (Wildman–Crippen LogP) is 6.70. The number of hydrogen-bond donors (Lipinski definition) is 1. The van der Waals surface area contributed by atoms with Crippen molar-refractivity contribution in [2.45, 2.75) is 0 Å². The van der Waals surface area contributed by atoms with Crippen molar-refractivity contribution in [3.63, 3.8) is 0 Å². The van der Waals surface area contributed by atoms with Gasteiger partial charge in [0.2, 0.25) is 5.75 Å². The Hall–Kier alpha value is -4.32. The molecule has 4 aromatic rings. The summed E-state index contributed by atoms with van der Waals surface area (Å²) in [7, 11) is 4.45. The Kier molecular flexibility index (Phi) is 8.08. The van der Waals surface area contributed by atoms with Gasteiger partial charge in [-0.1, -0.05) is 41.9 Å². The van der Waals surface area contributed by atoms with E-state index in [1.54, 1.807) is 30.3 Å². The highest BCUT2D eigenvalue weighted by Crippen LogP contribution is 2.39. The molecule has 0 saturated heterocycles. The van der Waals surface area contributed by atoms with Gasteiger partial charge in [0, 0.05) is 39.0 Å². The zero-order valence-electron chi connectivity index (χ0n) is 20.2. The van der Waals surface area contributed by atoms with Crippen LogP contribution in [0.3, 0.4) is 0 Å². The van der Waals surface area contributed by atoms with Crippen LogP contribution in [0.1, 0.15) is 20.9 Å². The van der Waals surface area contributed by atoms with E-state index in [9.17, 15) is 10.1 Å². The van der Waals surface area contributed by atoms with Crippen molar-refractivity contribution >= 4 is 40.0 Å². The molecule has 0 unspecified atom stereocenters. The maximum absolute atomic E-state index is 13.6. The highest BCUT2D eigenvalue weighted by atomic mass is 35.5. The number of halogens is 1. The van der Waals surface area contributed by atoms with E-state index in [1.165, 1.54) is 38.9 Å². The highest BCUT2D eigenvalue weighted by Gasteiger charge is 2.20. The van der Waals surface area contributed by atoms with Crippen LogP contribution < -0.4 is 19.5 Å². The Morgan fingerprint density at radius 2 is 1.73 bits per heavy atom. The van der Waals surface area contributed by atoms with Crippen LogP contribution in [0.5, 0.6) is 17.2 Å². The summed E-state index contributed by atoms with van der Waals surface area (Å²) in [5.41, 5.74) is 3.16. The number of allylic oxidation sites excluding steroid dienone is 1. The molecule has 0 atom stereocenters. The van der Waals surface area contributed by atoms with E-state index in [0.29, 0.717) is 49.7 Å². The second kappa shape index (κ2) is 11.6. The SMILES string of the molecule is COc1cc(C(=O)c2cc(Cl)ccc2N/C=C(\C#N)c2nc(-c3ccccc3)cs2)cc(OC)c1OC. The summed E-state index contributed by atoms with van der Waals surface area (Å²) in [6, 6.07) is 19.9. The lowest BCUT2D eigenvalue weighted by Crippen LogP contribution is -2.07. The first-order valence-electron chi connectivity index (χ1n) is 11.0. The van der Waals surface area contributed by atoms with E-state index < -0.39 is 0 Å². The lowest BCUT2D eigenvalue weighted by atomic mass is 10.0. The summed E-state index contributed by atoms with van der Waals surface area (Å²) < 4.78 is 16.1. The molecule has 0 spiro atoms. The number of nitriles is 1. The molecule has 1 heterocycles. The van der Waals surface area contributed by atoms with E-state index in [1.807, 2.05) is 35.7 Å². The summed E-state index contributed by atoms with van der Waals surface area (Å²) in [5.74, 6) is 0.764. The second-order valence-electron chi connectivity index (χ2n) is 7.65. The Labute approximate surface area is 223 Å². The molecule has 9 heteroatoms. The van der Waals surface area contributed by atoms with E-state index in [4.69, 9.17) is 25.8 Å². The molecule has 0 aliphatic heterocycles. The van der Waals surface area contributed by atoms with E-state index in [-0.39, 0.29) is 5.78 Å². The number of hydrogen-bond acceptors (Lipinski definition) is 8. The fourth-order valence-electron chi connectivity index (χ4n) is 3.63. The topological polar surface area (TPSA) is 93.5 Å². The van der Waals surface area contributed by atoms with Gasteiger partial charge in [-0.05, 0) is 30.3 Å². The normalized spacial score (nSPS) is 10.9. The third kappa shape index (κ3) is 5.59. The van der Waals surface area contributed by atoms with Crippen LogP contribution in [0.2, 0.25) is 5.02 Å². The molecule has 0 aliphatic rings. The lowest BCUT2D eigenvalue weighted by Gasteiger charge is -2.15. The van der Waals surface area contributed by atoms with E-state index in [0.717, 1.165) is 11.3 Å². The van der Waals surface area contributed by atoms with Gasteiger partial charge in [0.25, 0.3) is 0 Å². The fraction of sp³-hybridized carbons (Fsp3) is 0.107. The van der Waals surface area contributed by atoms with Crippen LogP contribution in [0.15, 0.2) is 72.2 Å². The number of anilines is 1. The Balaban J connectivity index is 1.67. The first kappa shape index (κ1) is 25.8. The number of thiazole rings is 1. The first-order valence-corrected chi connectivity index (χ1v) is 12.3. The van der Waals surface area contributed by atoms with Crippen LogP contribution in [0, 0.1) is 11.3 Å². The molecule has 0 radical (unpaired) electrons. The van der Waals surface area contributed by atoms with Crippen LogP contribution >= 0.6 is 22.9 Å². The van der Waals surface area contributed by atoms with Crippen molar-refractivity contribution in [1.82, 2.24) is 4.98 Å². The van der Waals surface area contributed by atoms with Crippen molar-refractivity contribution in [1.29, 1.82) is 5.26 Å². The largest absolute Gasteiger partial charge is 0.493 e. The maximum Gasteiger partial charge on any atom is 0.203 e. The van der Waals surface area contributed by atoms with Crippen molar-refractivity contribution in [3.05, 3.63) is 93.4 Å². The molecule has 0 amide bonds. The molecule has 37 heavy (non-hydrogen) atoms. The molecule has 4 rings (SSSR count). The number of nitrogens with one attached hydrogen (secondary N) is 1. The van der Waals surface area contributed by atoms with Gasteiger partial charge < -0.3 is 19.5 Å². The van der Waals surface area contributed by atoms with Gasteiger partial charge in [-0.15, -0.1) is 11.3 Å². The van der Waals surface area contributed by atoms with Crippen molar-refractivity contribution in [2.75, 3.05) is 26.6 Å². The molecule has 0 bridgehead atoms. The van der Waals surface area contributed by atoms with Gasteiger partial charge in [0.15, 0.2) is 17.3 Å². The molecule has 1 aromatic heterocycles. The third-order valence-electron chi connectivity index (χ3n) is 5.45. The van der Waals surface area contributed by atoms with Crippen LogP contribution in [-0.4, -0.2) is 32.1 Å². The van der Waals surface area contributed by atoms with Gasteiger partial charge in [-0.2, -0.15) is 5.26 Å². The molecule has 7 nitrogen and oxygen atoms in total. The minimum absolute atomic E-state index is 0.305. The smallest absolute Gasteiger partial charge is 0.203 e. The van der Waals surface area contributed by atoms with Crippen LogP contribution in [0.4, 0.5) is 5.69 Å². The fourth-order valence-corrected chi connectivity index (χ4v) is 4.60. The summed E-state index contributed by atoms with van der Waals surface area (Å²) in [5, 5.41) is 15.7. The Morgan fingerprint density at radius 3 is 2.35 bits per heavy atom. The van der Waals surface area contributed by atoms with Crippen molar-refractivity contribution in [2.24, 2.45) is 0 Å². The van der Waals surface area contributed by atoms with Gasteiger partial charge in [0.1, 0.15) is 16.6 Å². The summed E-state index contributed by atoms with van der Waals surface area (Å²) in [6.07, 6.45) is 1.53. The van der Waals surface area contributed by atoms with Gasteiger partial charge in [-0.25, -0.2) is 4.98 Å². The quantitative estimate of drug-likeness (QED) is 0.190. The van der Waals surface area contributed by atoms with Crippen LogP contribution in [-0.2, 0) is 0 Å². The van der Waals surface area contributed by atoms with Gasteiger partial charge >= 0.3 is 0 Å². The number of rotatable bonds is 9. The average Bonchev–Trinajstić information content (AvgIpc) is 3.43. The van der Waals surface area contributed by atoms with Gasteiger partial charge in [0.05, 0.1) is 27.0 Å². The average molecular weight is 532 g/mol. The number of carbonyl (C=O) groups is 1. The molecular formula is C28H22ClN3O4S. The minimum atomic E-state index is -0.322. The predicted molar refractivity (Wildman–Crippen MR) is 146 cm³/mol. The molecule has 1 N–H and O–H groups in total.